The van der Waals surface area contributed by atoms with E-state index in [0.29, 0.717) is 19.0 Å². The molecule has 6 heteroatoms. The smallest absolute Gasteiger partial charge is 0.229 e. The van der Waals surface area contributed by atoms with Crippen LogP contribution in [0.3, 0.4) is 0 Å². The minimum atomic E-state index is -0.240. The van der Waals surface area contributed by atoms with Gasteiger partial charge in [0.15, 0.2) is 0 Å². The van der Waals surface area contributed by atoms with Crippen molar-refractivity contribution in [3.63, 3.8) is 0 Å². The molecule has 1 amide bonds. The van der Waals surface area contributed by atoms with Crippen LogP contribution in [0, 0.1) is 18.3 Å². The zero-order valence-corrected chi connectivity index (χ0v) is 13.4. The third kappa shape index (κ3) is 2.94. The molecular formula is C16H25N5O. The van der Waals surface area contributed by atoms with E-state index in [1.54, 1.807) is 6.20 Å². The van der Waals surface area contributed by atoms with Crippen molar-refractivity contribution in [2.24, 2.45) is 11.3 Å². The second-order valence-corrected chi connectivity index (χ2v) is 6.58. The van der Waals surface area contributed by atoms with Crippen LogP contribution in [0.15, 0.2) is 18.3 Å². The zero-order valence-electron chi connectivity index (χ0n) is 13.4. The van der Waals surface area contributed by atoms with Crippen molar-refractivity contribution in [1.29, 1.82) is 0 Å². The summed E-state index contributed by atoms with van der Waals surface area (Å²) < 4.78 is 0. The van der Waals surface area contributed by atoms with E-state index < -0.39 is 0 Å². The van der Waals surface area contributed by atoms with Gasteiger partial charge in [-0.2, -0.15) is 0 Å². The summed E-state index contributed by atoms with van der Waals surface area (Å²) in [6.45, 7) is 6.94. The first kappa shape index (κ1) is 15.2. The number of carbonyl (C=O) groups is 1. The van der Waals surface area contributed by atoms with Crippen LogP contribution in [0.1, 0.15) is 5.56 Å². The second kappa shape index (κ2) is 6.22. The lowest BCUT2D eigenvalue weighted by atomic mass is 9.80. The Labute approximate surface area is 131 Å². The fourth-order valence-corrected chi connectivity index (χ4v) is 3.67. The lowest BCUT2D eigenvalue weighted by molar-refractivity contribution is -0.130. The third-order valence-electron chi connectivity index (χ3n) is 4.78. The predicted octanol–water partition coefficient (Wildman–Crippen LogP) is 0.0693. The number of aromatic nitrogens is 1. The summed E-state index contributed by atoms with van der Waals surface area (Å²) in [5.74, 6) is 1.48. The Morgan fingerprint density at radius 1 is 1.55 bits per heavy atom. The van der Waals surface area contributed by atoms with E-state index in [4.69, 9.17) is 0 Å². The van der Waals surface area contributed by atoms with Gasteiger partial charge in [0.25, 0.3) is 0 Å². The van der Waals surface area contributed by atoms with Gasteiger partial charge >= 0.3 is 0 Å². The average Bonchev–Trinajstić information content (AvgIpc) is 3.00. The van der Waals surface area contributed by atoms with Crippen molar-refractivity contribution in [2.45, 2.75) is 6.92 Å². The molecular weight excluding hydrogens is 278 g/mol. The Balaban J connectivity index is 1.48. The molecule has 0 spiro atoms. The SMILES string of the molecule is Cc1ccnc(NCCNC(=O)[C@@]23CNC[C@@H]2CN(C)C3)c1. The lowest BCUT2D eigenvalue weighted by Gasteiger charge is -2.26. The molecule has 6 nitrogen and oxygen atoms in total. The van der Waals surface area contributed by atoms with Crippen molar-refractivity contribution < 1.29 is 4.79 Å². The third-order valence-corrected chi connectivity index (χ3v) is 4.78. The molecule has 0 saturated carbocycles. The molecule has 0 aromatic carbocycles. The van der Waals surface area contributed by atoms with Gasteiger partial charge < -0.3 is 20.9 Å². The van der Waals surface area contributed by atoms with E-state index in [9.17, 15) is 4.79 Å². The highest BCUT2D eigenvalue weighted by molar-refractivity contribution is 5.84. The number of hydrogen-bond acceptors (Lipinski definition) is 5. The molecule has 0 aliphatic carbocycles. The van der Waals surface area contributed by atoms with Gasteiger partial charge in [-0.15, -0.1) is 0 Å². The molecule has 3 rings (SSSR count). The molecule has 3 N–H and O–H groups in total. The fourth-order valence-electron chi connectivity index (χ4n) is 3.67. The van der Waals surface area contributed by atoms with E-state index in [2.05, 4.69) is 32.9 Å². The van der Waals surface area contributed by atoms with Crippen LogP contribution in [-0.2, 0) is 4.79 Å². The highest BCUT2D eigenvalue weighted by Crippen LogP contribution is 2.38. The maximum absolute atomic E-state index is 12.6. The lowest BCUT2D eigenvalue weighted by Crippen LogP contribution is -2.48. The van der Waals surface area contributed by atoms with E-state index in [-0.39, 0.29) is 11.3 Å². The number of hydrogen-bond donors (Lipinski definition) is 3. The molecule has 2 fully saturated rings. The highest BCUT2D eigenvalue weighted by Gasteiger charge is 2.53. The largest absolute Gasteiger partial charge is 0.368 e. The molecule has 0 radical (unpaired) electrons. The van der Waals surface area contributed by atoms with E-state index in [1.807, 2.05) is 19.1 Å². The van der Waals surface area contributed by atoms with Gasteiger partial charge in [-0.3, -0.25) is 4.79 Å². The number of rotatable bonds is 5. The van der Waals surface area contributed by atoms with E-state index >= 15 is 0 Å². The first-order valence-corrected chi connectivity index (χ1v) is 7.94. The summed E-state index contributed by atoms with van der Waals surface area (Å²) in [7, 11) is 2.10. The number of nitrogens with one attached hydrogen (secondary N) is 3. The van der Waals surface area contributed by atoms with Crippen LogP contribution in [0.4, 0.5) is 5.82 Å². The molecule has 0 unspecified atom stereocenters. The van der Waals surface area contributed by atoms with Gasteiger partial charge in [0.1, 0.15) is 5.82 Å². The molecule has 120 valence electrons. The van der Waals surface area contributed by atoms with Crippen LogP contribution in [0.25, 0.3) is 0 Å². The summed E-state index contributed by atoms with van der Waals surface area (Å²) in [5, 5.41) is 9.72. The number of pyridine rings is 1. The second-order valence-electron chi connectivity index (χ2n) is 6.58. The Morgan fingerprint density at radius 2 is 2.41 bits per heavy atom. The minimum Gasteiger partial charge on any atom is -0.368 e. The fraction of sp³-hybridized carbons (Fsp3) is 0.625. The normalized spacial score (nSPS) is 27.6. The number of amides is 1. The number of fused-ring (bicyclic) bond motifs is 1. The molecule has 0 bridgehead atoms. The summed E-state index contributed by atoms with van der Waals surface area (Å²) in [6.07, 6.45) is 1.79. The van der Waals surface area contributed by atoms with Crippen LogP contribution in [-0.4, -0.2) is 62.1 Å². The Kier molecular flexibility index (Phi) is 4.31. The monoisotopic (exact) mass is 303 g/mol. The van der Waals surface area contributed by atoms with Crippen LogP contribution < -0.4 is 16.0 Å². The Bertz CT molecular complexity index is 549. The van der Waals surface area contributed by atoms with Crippen molar-refractivity contribution in [2.75, 3.05) is 51.6 Å². The standard InChI is InChI=1S/C16H25N5O/c1-12-3-4-18-14(7-12)19-5-6-20-15(22)16-10-17-8-13(16)9-21(2)11-16/h3-4,7,13,17H,5-6,8-11H2,1-2H3,(H,18,19)(H,20,22)/t13-,16-/m1/s1. The van der Waals surface area contributed by atoms with Gasteiger partial charge in [0, 0.05) is 51.4 Å². The quantitative estimate of drug-likeness (QED) is 0.672. The molecule has 2 saturated heterocycles. The van der Waals surface area contributed by atoms with Crippen molar-refractivity contribution >= 4 is 11.7 Å². The summed E-state index contributed by atoms with van der Waals surface area (Å²) >= 11 is 0. The van der Waals surface area contributed by atoms with E-state index in [0.717, 1.165) is 32.0 Å². The van der Waals surface area contributed by atoms with Gasteiger partial charge in [-0.25, -0.2) is 4.98 Å². The van der Waals surface area contributed by atoms with Gasteiger partial charge in [0.2, 0.25) is 5.91 Å². The molecule has 3 heterocycles. The topological polar surface area (TPSA) is 69.3 Å². The number of aryl methyl sites for hydroxylation is 1. The average molecular weight is 303 g/mol. The summed E-state index contributed by atoms with van der Waals surface area (Å²) in [6, 6.07) is 3.97. The molecule has 2 aliphatic heterocycles. The maximum atomic E-state index is 12.6. The molecule has 1 aromatic heterocycles. The summed E-state index contributed by atoms with van der Waals surface area (Å²) in [4.78, 5) is 19.2. The molecule has 2 aliphatic rings. The maximum Gasteiger partial charge on any atom is 0.229 e. The first-order valence-electron chi connectivity index (χ1n) is 7.94. The first-order chi connectivity index (χ1) is 10.6. The Morgan fingerprint density at radius 3 is 3.23 bits per heavy atom. The van der Waals surface area contributed by atoms with Crippen LogP contribution in [0.5, 0.6) is 0 Å². The van der Waals surface area contributed by atoms with Crippen LogP contribution in [0.2, 0.25) is 0 Å². The predicted molar refractivity (Wildman–Crippen MR) is 86.8 cm³/mol. The summed E-state index contributed by atoms with van der Waals surface area (Å²) in [5.41, 5.74) is 0.936. The number of nitrogens with zero attached hydrogens (tertiary/aromatic N) is 2. The van der Waals surface area contributed by atoms with E-state index in [1.165, 1.54) is 5.56 Å². The number of carbonyl (C=O) groups excluding carboxylic acids is 1. The number of likely N-dealkylation sites (tertiary alicyclic amines) is 1. The van der Waals surface area contributed by atoms with Gasteiger partial charge in [0.05, 0.1) is 5.41 Å². The molecule has 1 aromatic rings. The van der Waals surface area contributed by atoms with Crippen molar-refractivity contribution in [1.82, 2.24) is 20.5 Å². The highest BCUT2D eigenvalue weighted by atomic mass is 16.2. The molecule has 22 heavy (non-hydrogen) atoms. The minimum absolute atomic E-state index is 0.186. The van der Waals surface area contributed by atoms with Crippen molar-refractivity contribution in [3.8, 4) is 0 Å². The van der Waals surface area contributed by atoms with Crippen LogP contribution >= 0.6 is 0 Å². The number of anilines is 1. The van der Waals surface area contributed by atoms with Gasteiger partial charge in [-0.05, 0) is 31.7 Å². The zero-order chi connectivity index (χ0) is 15.6. The Hall–Kier alpha value is -1.66. The van der Waals surface area contributed by atoms with Gasteiger partial charge in [-0.1, -0.05) is 0 Å². The molecule has 2 atom stereocenters. The van der Waals surface area contributed by atoms with Crippen molar-refractivity contribution in [3.05, 3.63) is 23.9 Å².